The number of rotatable bonds is 5. The largest absolute Gasteiger partial charge is 0.454 e. The number of para-hydroxylation sites is 3. The van der Waals surface area contributed by atoms with Crippen molar-refractivity contribution in [1.29, 1.82) is 0 Å². The van der Waals surface area contributed by atoms with Gasteiger partial charge in [-0.2, -0.15) is 9.97 Å². The van der Waals surface area contributed by atoms with Crippen LogP contribution in [0.5, 0.6) is 0 Å². The Labute approximate surface area is 337 Å². The standard InChI is InChI=1S/C53H31N5O/c1-3-13-33(14-4-1)51-54-52(34-15-5-2-6-16-34)56-53(55-51)58-42-21-9-7-18-37(42)41-31-35(26-29-43(41)58)36-28-30-45-49-39(36)27-25-32-17-11-22-44(48(32)49)57(45)46-23-12-20-40-38-19-8-10-24-47(38)59-50(40)46/h1-31H. The molecule has 0 aliphatic heterocycles. The fourth-order valence-corrected chi connectivity index (χ4v) is 9.36. The summed E-state index contributed by atoms with van der Waals surface area (Å²) in [6.45, 7) is 0. The maximum atomic E-state index is 6.59. The molecule has 0 radical (unpaired) electrons. The van der Waals surface area contributed by atoms with Gasteiger partial charge in [0, 0.05) is 43.4 Å². The topological polar surface area (TPSA) is 61.7 Å². The van der Waals surface area contributed by atoms with Crippen molar-refractivity contribution in [3.63, 3.8) is 0 Å². The van der Waals surface area contributed by atoms with Gasteiger partial charge in [0.05, 0.1) is 27.8 Å². The number of nitrogens with zero attached hydrogens (tertiary/aromatic N) is 5. The minimum absolute atomic E-state index is 0.580. The fourth-order valence-electron chi connectivity index (χ4n) is 9.36. The maximum Gasteiger partial charge on any atom is 0.238 e. The highest BCUT2D eigenvalue weighted by molar-refractivity contribution is 6.27. The molecule has 6 heteroatoms. The van der Waals surface area contributed by atoms with Crippen molar-refractivity contribution in [2.24, 2.45) is 0 Å². The lowest BCUT2D eigenvalue weighted by molar-refractivity contribution is 0.666. The van der Waals surface area contributed by atoms with E-state index in [0.717, 1.165) is 77.2 Å². The van der Waals surface area contributed by atoms with Gasteiger partial charge < -0.3 is 8.98 Å². The van der Waals surface area contributed by atoms with E-state index < -0.39 is 0 Å². The van der Waals surface area contributed by atoms with E-state index in [1.54, 1.807) is 0 Å². The van der Waals surface area contributed by atoms with Crippen LogP contribution in [0, 0.1) is 0 Å². The Bertz CT molecular complexity index is 3730. The summed E-state index contributed by atoms with van der Waals surface area (Å²) in [5.74, 6) is 1.84. The monoisotopic (exact) mass is 753 g/mol. The van der Waals surface area contributed by atoms with E-state index in [2.05, 4.69) is 124 Å². The average Bonchev–Trinajstić information content (AvgIpc) is 3.97. The molecule has 0 amide bonds. The molecule has 4 heterocycles. The quantitative estimate of drug-likeness (QED) is 0.164. The SMILES string of the molecule is c1ccc(-c2nc(-c3ccccc3)nc(-n3c4ccccc4c4cc(-c5ccc6c7c5ccc5cccc(c57)n6-c5cccc6c5oc5ccccc56)ccc43)n2)cc1. The van der Waals surface area contributed by atoms with Crippen molar-refractivity contribution in [3.8, 4) is 45.5 Å². The number of furan rings is 1. The summed E-state index contributed by atoms with van der Waals surface area (Å²) in [6, 6.07) is 66.1. The first-order valence-corrected chi connectivity index (χ1v) is 19.9. The maximum absolute atomic E-state index is 6.59. The summed E-state index contributed by atoms with van der Waals surface area (Å²) in [6.07, 6.45) is 0. The summed E-state index contributed by atoms with van der Waals surface area (Å²) in [5, 5.41) is 9.44. The molecule has 9 aromatic carbocycles. The first-order valence-electron chi connectivity index (χ1n) is 19.9. The van der Waals surface area contributed by atoms with Crippen LogP contribution in [-0.4, -0.2) is 24.1 Å². The Hall–Kier alpha value is -8.09. The highest BCUT2D eigenvalue weighted by Crippen LogP contribution is 2.45. The zero-order valence-electron chi connectivity index (χ0n) is 31.5. The number of hydrogen-bond donors (Lipinski definition) is 0. The summed E-state index contributed by atoms with van der Waals surface area (Å²) in [4.78, 5) is 15.2. The number of fused-ring (bicyclic) bond motifs is 6. The van der Waals surface area contributed by atoms with Gasteiger partial charge in [0.1, 0.15) is 5.58 Å². The zero-order chi connectivity index (χ0) is 38.6. The van der Waals surface area contributed by atoms with Gasteiger partial charge in [-0.25, -0.2) is 4.98 Å². The first-order chi connectivity index (χ1) is 29.3. The van der Waals surface area contributed by atoms with Gasteiger partial charge in [-0.05, 0) is 64.4 Å². The van der Waals surface area contributed by atoms with E-state index in [0.29, 0.717) is 17.6 Å². The Kier molecular flexibility index (Phi) is 6.63. The van der Waals surface area contributed by atoms with Crippen LogP contribution in [0.15, 0.2) is 192 Å². The van der Waals surface area contributed by atoms with Gasteiger partial charge in [-0.15, -0.1) is 0 Å². The van der Waals surface area contributed by atoms with E-state index in [9.17, 15) is 0 Å². The lowest BCUT2D eigenvalue weighted by Gasteiger charge is -2.12. The molecule has 0 atom stereocenters. The molecule has 13 rings (SSSR count). The van der Waals surface area contributed by atoms with E-state index in [4.69, 9.17) is 19.4 Å². The average molecular weight is 754 g/mol. The van der Waals surface area contributed by atoms with Crippen molar-refractivity contribution in [3.05, 3.63) is 188 Å². The molecule has 4 aromatic heterocycles. The second kappa shape index (κ2) is 12.2. The molecule has 13 aromatic rings. The first kappa shape index (κ1) is 32.0. The minimum atomic E-state index is 0.580. The lowest BCUT2D eigenvalue weighted by atomic mass is 9.94. The van der Waals surface area contributed by atoms with Gasteiger partial charge in [0.25, 0.3) is 0 Å². The van der Waals surface area contributed by atoms with Gasteiger partial charge in [-0.3, -0.25) is 4.57 Å². The second-order valence-corrected chi connectivity index (χ2v) is 15.2. The minimum Gasteiger partial charge on any atom is -0.454 e. The molecule has 0 saturated carbocycles. The predicted molar refractivity (Wildman–Crippen MR) is 241 cm³/mol. The third-order valence-corrected chi connectivity index (χ3v) is 12.0. The van der Waals surface area contributed by atoms with Crippen molar-refractivity contribution in [1.82, 2.24) is 24.1 Å². The molecule has 0 N–H and O–H groups in total. The van der Waals surface area contributed by atoms with Crippen molar-refractivity contribution < 1.29 is 4.42 Å². The third kappa shape index (κ3) is 4.65. The predicted octanol–water partition coefficient (Wildman–Crippen LogP) is 13.6. The fraction of sp³-hybridized carbons (Fsp3) is 0. The van der Waals surface area contributed by atoms with Gasteiger partial charge in [0.2, 0.25) is 5.95 Å². The van der Waals surface area contributed by atoms with E-state index in [1.807, 2.05) is 72.8 Å². The van der Waals surface area contributed by atoms with Crippen molar-refractivity contribution in [2.45, 2.75) is 0 Å². The highest BCUT2D eigenvalue weighted by Gasteiger charge is 2.23. The Morgan fingerprint density at radius 2 is 1.02 bits per heavy atom. The highest BCUT2D eigenvalue weighted by atomic mass is 16.3. The van der Waals surface area contributed by atoms with Crippen LogP contribution in [0.4, 0.5) is 0 Å². The van der Waals surface area contributed by atoms with Gasteiger partial charge in [0.15, 0.2) is 17.2 Å². The van der Waals surface area contributed by atoms with Crippen LogP contribution in [0.2, 0.25) is 0 Å². The smallest absolute Gasteiger partial charge is 0.238 e. The Morgan fingerprint density at radius 1 is 0.373 bits per heavy atom. The molecule has 0 saturated heterocycles. The van der Waals surface area contributed by atoms with E-state index in [1.165, 1.54) is 27.1 Å². The molecule has 0 spiro atoms. The normalized spacial score (nSPS) is 12.1. The van der Waals surface area contributed by atoms with Crippen molar-refractivity contribution in [2.75, 3.05) is 0 Å². The summed E-state index contributed by atoms with van der Waals surface area (Å²) < 4.78 is 11.2. The molecule has 59 heavy (non-hydrogen) atoms. The number of hydrogen-bond acceptors (Lipinski definition) is 4. The second-order valence-electron chi connectivity index (χ2n) is 15.2. The zero-order valence-corrected chi connectivity index (χ0v) is 31.5. The van der Waals surface area contributed by atoms with Crippen molar-refractivity contribution >= 4 is 76.3 Å². The molecule has 0 fully saturated rings. The van der Waals surface area contributed by atoms with Gasteiger partial charge >= 0.3 is 0 Å². The molecule has 274 valence electrons. The van der Waals surface area contributed by atoms with Gasteiger partial charge in [-0.1, -0.05) is 146 Å². The van der Waals surface area contributed by atoms with Crippen LogP contribution >= 0.6 is 0 Å². The van der Waals surface area contributed by atoms with E-state index >= 15 is 0 Å². The molecule has 0 aliphatic rings. The van der Waals surface area contributed by atoms with Crippen LogP contribution in [0.1, 0.15) is 0 Å². The molecule has 6 nitrogen and oxygen atoms in total. The molecule has 0 unspecified atom stereocenters. The summed E-state index contributed by atoms with van der Waals surface area (Å²) >= 11 is 0. The Balaban J connectivity index is 1.03. The summed E-state index contributed by atoms with van der Waals surface area (Å²) in [5.41, 5.74) is 11.4. The van der Waals surface area contributed by atoms with Crippen LogP contribution < -0.4 is 0 Å². The molecule has 0 aliphatic carbocycles. The van der Waals surface area contributed by atoms with E-state index in [-0.39, 0.29) is 0 Å². The Morgan fingerprint density at radius 3 is 1.83 bits per heavy atom. The third-order valence-electron chi connectivity index (χ3n) is 12.0. The van der Waals surface area contributed by atoms with Crippen LogP contribution in [-0.2, 0) is 0 Å². The molecular weight excluding hydrogens is 723 g/mol. The number of aromatic nitrogens is 5. The molecular formula is C53H31N5O. The lowest BCUT2D eigenvalue weighted by Crippen LogP contribution is -2.06. The molecule has 0 bridgehead atoms. The van der Waals surface area contributed by atoms with Crippen LogP contribution in [0.3, 0.4) is 0 Å². The van der Waals surface area contributed by atoms with Crippen LogP contribution in [0.25, 0.3) is 122 Å². The number of benzene rings is 9. The summed E-state index contributed by atoms with van der Waals surface area (Å²) in [7, 11) is 0.